The third-order valence-electron chi connectivity index (χ3n) is 4.78. The number of benzene rings is 1. The number of nitrogens with one attached hydrogen (secondary N) is 1. The Balaban J connectivity index is 1.56. The Morgan fingerprint density at radius 1 is 1.19 bits per heavy atom. The number of anilines is 1. The largest absolute Gasteiger partial charge is 0.382 e. The van der Waals surface area contributed by atoms with Crippen LogP contribution in [0.3, 0.4) is 0 Å². The van der Waals surface area contributed by atoms with Crippen LogP contribution in [0.4, 0.5) is 5.69 Å². The van der Waals surface area contributed by atoms with Gasteiger partial charge in [0.05, 0.1) is 38.2 Å². The second kappa shape index (κ2) is 9.90. The Morgan fingerprint density at radius 2 is 2.06 bits per heavy atom. The number of hydrogen-bond donors (Lipinski definition) is 2. The fourth-order valence-electron chi connectivity index (χ4n) is 3.22. The number of hydrogen-bond acceptors (Lipinski definition) is 7. The number of nitrogens with two attached hydrogens (primary N) is 1. The molecule has 0 aliphatic heterocycles. The molecule has 3 aromatic heterocycles. The number of nitrogens with zero attached hydrogens (tertiary/aromatic N) is 4. The van der Waals surface area contributed by atoms with Crippen LogP contribution in [0.25, 0.3) is 11.4 Å². The summed E-state index contributed by atoms with van der Waals surface area (Å²) in [6.45, 7) is 1.01. The minimum absolute atomic E-state index is 0.0272. The molecule has 32 heavy (non-hydrogen) atoms. The molecule has 0 atom stereocenters. The Hall–Kier alpha value is -3.27. The summed E-state index contributed by atoms with van der Waals surface area (Å²) in [6.07, 6.45) is 4.31. The predicted molar refractivity (Wildman–Crippen MR) is 126 cm³/mol. The monoisotopic (exact) mass is 468 g/mol. The van der Waals surface area contributed by atoms with E-state index in [0.29, 0.717) is 40.8 Å². The summed E-state index contributed by atoms with van der Waals surface area (Å²) in [5, 5.41) is 11.7. The first-order valence-electron chi connectivity index (χ1n) is 10.0. The first kappa shape index (κ1) is 21.9. The average Bonchev–Trinajstić information content (AvgIpc) is 3.45. The molecule has 0 unspecified atom stereocenters. The van der Waals surface area contributed by atoms with E-state index in [1.807, 2.05) is 18.2 Å². The SMILES string of the molecule is NCCNc1cc(-n2ccccc2=O)ccc1-n1cc(CCC(=O)c2ccc(Cl)s2)nn1. The van der Waals surface area contributed by atoms with E-state index in [-0.39, 0.29) is 11.3 Å². The van der Waals surface area contributed by atoms with E-state index in [1.54, 1.807) is 45.9 Å². The molecular formula is C22H21ClN6O2S. The minimum Gasteiger partial charge on any atom is -0.382 e. The normalized spacial score (nSPS) is 10.9. The van der Waals surface area contributed by atoms with Gasteiger partial charge in [-0.05, 0) is 36.4 Å². The van der Waals surface area contributed by atoms with E-state index in [1.165, 1.54) is 17.4 Å². The van der Waals surface area contributed by atoms with Crippen molar-refractivity contribution >= 4 is 34.4 Å². The summed E-state index contributed by atoms with van der Waals surface area (Å²) in [5.74, 6) is 0.0272. The molecule has 3 heterocycles. The maximum Gasteiger partial charge on any atom is 0.255 e. The number of pyridine rings is 1. The maximum atomic E-state index is 12.3. The fraction of sp³-hybridized carbons (Fsp3) is 0.182. The molecule has 164 valence electrons. The molecule has 4 rings (SSSR count). The molecule has 3 N–H and O–H groups in total. The van der Waals surface area contributed by atoms with Crippen LogP contribution in [-0.4, -0.2) is 38.4 Å². The summed E-state index contributed by atoms with van der Waals surface area (Å²) in [5.41, 5.74) is 8.51. The molecule has 0 saturated carbocycles. The van der Waals surface area contributed by atoms with Gasteiger partial charge in [0.2, 0.25) is 0 Å². The van der Waals surface area contributed by atoms with E-state index in [2.05, 4.69) is 15.6 Å². The number of aryl methyl sites for hydroxylation is 1. The van der Waals surface area contributed by atoms with Crippen molar-refractivity contribution in [1.29, 1.82) is 0 Å². The van der Waals surface area contributed by atoms with Crippen LogP contribution in [0.2, 0.25) is 4.34 Å². The van der Waals surface area contributed by atoms with E-state index in [9.17, 15) is 9.59 Å². The van der Waals surface area contributed by atoms with Crippen LogP contribution in [0.5, 0.6) is 0 Å². The fourth-order valence-corrected chi connectivity index (χ4v) is 4.23. The highest BCUT2D eigenvalue weighted by atomic mass is 35.5. The van der Waals surface area contributed by atoms with Crippen LogP contribution in [0.15, 0.2) is 65.7 Å². The highest BCUT2D eigenvalue weighted by molar-refractivity contribution is 7.18. The van der Waals surface area contributed by atoms with Crippen molar-refractivity contribution in [3.8, 4) is 11.4 Å². The number of ketones is 1. The molecule has 0 radical (unpaired) electrons. The lowest BCUT2D eigenvalue weighted by atomic mass is 10.1. The summed E-state index contributed by atoms with van der Waals surface area (Å²) in [7, 11) is 0. The zero-order valence-electron chi connectivity index (χ0n) is 17.1. The van der Waals surface area contributed by atoms with Gasteiger partial charge >= 0.3 is 0 Å². The Bertz CT molecular complexity index is 1300. The smallest absolute Gasteiger partial charge is 0.255 e. The molecule has 0 amide bonds. The molecule has 1 aromatic carbocycles. The molecule has 0 aliphatic carbocycles. The minimum atomic E-state index is -0.121. The lowest BCUT2D eigenvalue weighted by Crippen LogP contribution is -2.17. The lowest BCUT2D eigenvalue weighted by molar-refractivity contribution is 0.0986. The van der Waals surface area contributed by atoms with Crippen LogP contribution in [0.1, 0.15) is 21.8 Å². The predicted octanol–water partition coefficient (Wildman–Crippen LogP) is 3.32. The van der Waals surface area contributed by atoms with E-state index in [0.717, 1.165) is 17.1 Å². The first-order chi connectivity index (χ1) is 15.5. The number of carbonyl (C=O) groups is 1. The van der Waals surface area contributed by atoms with E-state index < -0.39 is 0 Å². The molecule has 4 aromatic rings. The van der Waals surface area contributed by atoms with Crippen molar-refractivity contribution in [2.24, 2.45) is 5.73 Å². The van der Waals surface area contributed by atoms with Gasteiger partial charge in [-0.15, -0.1) is 16.4 Å². The second-order valence-corrected chi connectivity index (χ2v) is 8.72. The van der Waals surface area contributed by atoms with Crippen LogP contribution < -0.4 is 16.6 Å². The van der Waals surface area contributed by atoms with Crippen molar-refractivity contribution in [2.75, 3.05) is 18.4 Å². The topological polar surface area (TPSA) is 108 Å². The third kappa shape index (κ3) is 4.96. The highest BCUT2D eigenvalue weighted by Gasteiger charge is 2.13. The number of aromatic nitrogens is 4. The zero-order chi connectivity index (χ0) is 22.5. The van der Waals surface area contributed by atoms with Crippen LogP contribution in [-0.2, 0) is 6.42 Å². The number of thiophene rings is 1. The Labute approximate surface area is 193 Å². The molecule has 0 aliphatic rings. The summed E-state index contributed by atoms with van der Waals surface area (Å²) >= 11 is 7.19. The van der Waals surface area contributed by atoms with Crippen LogP contribution >= 0.6 is 22.9 Å². The van der Waals surface area contributed by atoms with Crippen molar-refractivity contribution in [2.45, 2.75) is 12.8 Å². The molecule has 0 spiro atoms. The van der Waals surface area contributed by atoms with Gasteiger partial charge in [-0.3, -0.25) is 14.2 Å². The van der Waals surface area contributed by atoms with Crippen molar-refractivity contribution in [1.82, 2.24) is 19.6 Å². The van der Waals surface area contributed by atoms with Gasteiger partial charge in [-0.25, -0.2) is 4.68 Å². The summed E-state index contributed by atoms with van der Waals surface area (Å²) in [6, 6.07) is 14.1. The van der Waals surface area contributed by atoms with Crippen molar-refractivity contribution in [3.63, 3.8) is 0 Å². The molecule has 0 fully saturated rings. The van der Waals surface area contributed by atoms with Gasteiger partial charge < -0.3 is 11.1 Å². The Morgan fingerprint density at radius 3 is 2.81 bits per heavy atom. The molecule has 0 bridgehead atoms. The van der Waals surface area contributed by atoms with Gasteiger partial charge in [0.15, 0.2) is 5.78 Å². The lowest BCUT2D eigenvalue weighted by Gasteiger charge is -2.14. The van der Waals surface area contributed by atoms with Gasteiger partial charge in [-0.1, -0.05) is 22.9 Å². The molecular weight excluding hydrogens is 448 g/mol. The van der Waals surface area contributed by atoms with Crippen molar-refractivity contribution < 1.29 is 4.79 Å². The third-order valence-corrected chi connectivity index (χ3v) is 6.06. The first-order valence-corrected chi connectivity index (χ1v) is 11.2. The van der Waals surface area contributed by atoms with Crippen LogP contribution in [0, 0.1) is 0 Å². The summed E-state index contributed by atoms with van der Waals surface area (Å²) < 4.78 is 3.81. The molecule has 8 nitrogen and oxygen atoms in total. The average molecular weight is 469 g/mol. The van der Waals surface area contributed by atoms with E-state index >= 15 is 0 Å². The number of carbonyl (C=O) groups excluding carboxylic acids is 1. The number of halogens is 1. The quantitative estimate of drug-likeness (QED) is 0.365. The number of Topliss-reactive ketones (excluding diaryl/α,β-unsaturated/α-hetero) is 1. The Kier molecular flexibility index (Phi) is 6.79. The maximum absolute atomic E-state index is 12.3. The second-order valence-electron chi connectivity index (χ2n) is 7.01. The molecule has 0 saturated heterocycles. The number of rotatable bonds is 9. The van der Waals surface area contributed by atoms with Gasteiger partial charge in [0.1, 0.15) is 0 Å². The summed E-state index contributed by atoms with van der Waals surface area (Å²) in [4.78, 5) is 25.2. The standard InChI is InChI=1S/C22H21ClN6O2S/c23-21-9-8-20(32-21)19(30)7-4-15-14-29(27-26-15)18-6-5-16(13-17(18)25-11-10-24)28-12-2-1-3-22(28)31/h1-3,5-6,8-9,12-14,25H,4,7,10-11,24H2. The molecule has 10 heteroatoms. The van der Waals surface area contributed by atoms with Gasteiger partial charge in [0.25, 0.3) is 5.56 Å². The van der Waals surface area contributed by atoms with Gasteiger partial charge in [-0.2, -0.15) is 0 Å². The highest BCUT2D eigenvalue weighted by Crippen LogP contribution is 2.25. The van der Waals surface area contributed by atoms with Crippen molar-refractivity contribution in [3.05, 3.63) is 86.2 Å². The zero-order valence-corrected chi connectivity index (χ0v) is 18.6. The van der Waals surface area contributed by atoms with E-state index in [4.69, 9.17) is 17.3 Å². The van der Waals surface area contributed by atoms with Gasteiger partial charge in [0, 0.05) is 38.2 Å².